The summed E-state index contributed by atoms with van der Waals surface area (Å²) < 4.78 is 26.8. The van der Waals surface area contributed by atoms with Crippen LogP contribution in [0.2, 0.25) is 5.02 Å². The van der Waals surface area contributed by atoms with E-state index in [-0.39, 0.29) is 36.9 Å². The first-order valence-electron chi connectivity index (χ1n) is 11.5. The van der Waals surface area contributed by atoms with Crippen LogP contribution in [-0.2, 0) is 17.8 Å². The Morgan fingerprint density at radius 2 is 1.94 bits per heavy atom. The SMILES string of the molecule is Cc1nc2c3c(nn2c(C)c1Cl)CN(C(=O)c1ccc(F)cc1OCCN(C)C(=O)OC(C)(C)C)C3. The molecular weight excluding hydrogens is 489 g/mol. The quantitative estimate of drug-likeness (QED) is 0.493. The zero-order valence-corrected chi connectivity index (χ0v) is 21.9. The van der Waals surface area contributed by atoms with Crippen LogP contribution in [0.15, 0.2) is 18.2 Å². The van der Waals surface area contributed by atoms with Gasteiger partial charge in [-0.1, -0.05) is 11.6 Å². The lowest BCUT2D eigenvalue weighted by Crippen LogP contribution is -2.36. The van der Waals surface area contributed by atoms with Crippen molar-refractivity contribution in [3.63, 3.8) is 0 Å². The van der Waals surface area contributed by atoms with Crippen molar-refractivity contribution in [3.05, 3.63) is 57.2 Å². The Labute approximate surface area is 213 Å². The van der Waals surface area contributed by atoms with Crippen LogP contribution in [0.25, 0.3) is 5.65 Å². The number of ether oxygens (including phenoxy) is 2. The molecular formula is C25H29ClFN5O4. The Morgan fingerprint density at radius 3 is 2.64 bits per heavy atom. The number of carbonyl (C=O) groups excluding carboxylic acids is 2. The van der Waals surface area contributed by atoms with Gasteiger partial charge in [0.1, 0.15) is 23.8 Å². The first-order chi connectivity index (χ1) is 16.9. The van der Waals surface area contributed by atoms with E-state index in [2.05, 4.69) is 10.1 Å². The zero-order valence-electron chi connectivity index (χ0n) is 21.2. The largest absolute Gasteiger partial charge is 0.491 e. The molecule has 1 aliphatic heterocycles. The second-order valence-electron chi connectivity index (χ2n) is 9.81. The van der Waals surface area contributed by atoms with Gasteiger partial charge in [0.25, 0.3) is 5.91 Å². The zero-order chi connectivity index (χ0) is 26.4. The number of hydrogen-bond donors (Lipinski definition) is 0. The Morgan fingerprint density at radius 1 is 1.22 bits per heavy atom. The van der Waals surface area contributed by atoms with E-state index in [0.717, 1.165) is 17.0 Å². The van der Waals surface area contributed by atoms with Crippen molar-refractivity contribution in [1.82, 2.24) is 24.4 Å². The van der Waals surface area contributed by atoms with Gasteiger partial charge in [-0.25, -0.2) is 18.7 Å². The fourth-order valence-corrected chi connectivity index (χ4v) is 4.07. The maximum Gasteiger partial charge on any atom is 0.410 e. The van der Waals surface area contributed by atoms with E-state index in [4.69, 9.17) is 21.1 Å². The Kier molecular flexibility index (Phi) is 6.83. The highest BCUT2D eigenvalue weighted by Crippen LogP contribution is 2.31. The highest BCUT2D eigenvalue weighted by molar-refractivity contribution is 6.31. The number of halogens is 2. The van der Waals surface area contributed by atoms with Gasteiger partial charge in [0.05, 0.1) is 47.3 Å². The number of fused-ring (bicyclic) bond motifs is 3. The molecule has 2 amide bonds. The lowest BCUT2D eigenvalue weighted by molar-refractivity contribution is 0.0277. The third kappa shape index (κ3) is 5.09. The molecule has 1 aromatic carbocycles. The summed E-state index contributed by atoms with van der Waals surface area (Å²) in [6, 6.07) is 3.79. The third-order valence-electron chi connectivity index (χ3n) is 5.81. The van der Waals surface area contributed by atoms with Crippen molar-refractivity contribution in [3.8, 4) is 5.75 Å². The molecule has 2 aromatic heterocycles. The molecule has 0 atom stereocenters. The number of amides is 2. The van der Waals surface area contributed by atoms with Crippen LogP contribution in [-0.4, -0.2) is 62.2 Å². The molecule has 3 aromatic rings. The lowest BCUT2D eigenvalue weighted by Gasteiger charge is -2.25. The Balaban J connectivity index is 1.48. The van der Waals surface area contributed by atoms with Crippen molar-refractivity contribution in [2.45, 2.75) is 53.3 Å². The first kappa shape index (κ1) is 25.7. The monoisotopic (exact) mass is 517 g/mol. The van der Waals surface area contributed by atoms with Crippen molar-refractivity contribution >= 4 is 29.2 Å². The van der Waals surface area contributed by atoms with Crippen molar-refractivity contribution in [1.29, 1.82) is 0 Å². The minimum atomic E-state index is -0.622. The summed E-state index contributed by atoms with van der Waals surface area (Å²) in [5, 5.41) is 5.16. The number of nitrogens with zero attached hydrogens (tertiary/aromatic N) is 5. The van der Waals surface area contributed by atoms with E-state index in [1.165, 1.54) is 23.1 Å². The van der Waals surface area contributed by atoms with Crippen LogP contribution in [0.5, 0.6) is 5.75 Å². The molecule has 0 saturated heterocycles. The molecule has 0 unspecified atom stereocenters. The second-order valence-corrected chi connectivity index (χ2v) is 10.2. The average molecular weight is 518 g/mol. The fraction of sp³-hybridized carbons (Fsp3) is 0.440. The third-order valence-corrected chi connectivity index (χ3v) is 6.35. The van der Waals surface area contributed by atoms with E-state index in [9.17, 15) is 14.0 Å². The predicted octanol–water partition coefficient (Wildman–Crippen LogP) is 4.54. The van der Waals surface area contributed by atoms with Gasteiger partial charge in [0.15, 0.2) is 5.65 Å². The molecule has 0 N–H and O–H groups in total. The number of aryl methyl sites for hydroxylation is 2. The van der Waals surface area contributed by atoms with E-state index in [0.29, 0.717) is 22.9 Å². The number of carbonyl (C=O) groups is 2. The molecule has 0 fully saturated rings. The van der Waals surface area contributed by atoms with E-state index in [1.807, 2.05) is 13.8 Å². The van der Waals surface area contributed by atoms with Crippen molar-refractivity contribution < 1.29 is 23.5 Å². The van der Waals surface area contributed by atoms with Crippen molar-refractivity contribution in [2.24, 2.45) is 0 Å². The molecule has 36 heavy (non-hydrogen) atoms. The summed E-state index contributed by atoms with van der Waals surface area (Å²) in [7, 11) is 1.58. The van der Waals surface area contributed by atoms with Gasteiger partial charge < -0.3 is 19.3 Å². The molecule has 0 bridgehead atoms. The molecule has 11 heteroatoms. The highest BCUT2D eigenvalue weighted by atomic mass is 35.5. The predicted molar refractivity (Wildman–Crippen MR) is 132 cm³/mol. The number of benzene rings is 1. The van der Waals surface area contributed by atoms with Crippen molar-refractivity contribution in [2.75, 3.05) is 20.2 Å². The fourth-order valence-electron chi connectivity index (χ4n) is 3.94. The molecule has 0 radical (unpaired) electrons. The first-order valence-corrected chi connectivity index (χ1v) is 11.9. The van der Waals surface area contributed by atoms with Crippen LogP contribution < -0.4 is 4.74 Å². The van der Waals surface area contributed by atoms with Gasteiger partial charge in [-0.3, -0.25) is 4.79 Å². The molecule has 0 saturated carbocycles. The molecule has 9 nitrogen and oxygen atoms in total. The minimum Gasteiger partial charge on any atom is -0.491 e. The summed E-state index contributed by atoms with van der Waals surface area (Å²) in [4.78, 5) is 33.1. The Hall–Kier alpha value is -3.40. The number of aromatic nitrogens is 3. The number of hydrogen-bond acceptors (Lipinski definition) is 6. The van der Waals surface area contributed by atoms with Crippen LogP contribution >= 0.6 is 11.6 Å². The van der Waals surface area contributed by atoms with Crippen LogP contribution in [0.3, 0.4) is 0 Å². The van der Waals surface area contributed by atoms with Crippen LogP contribution in [0, 0.1) is 19.7 Å². The Bertz CT molecular complexity index is 1350. The van der Waals surface area contributed by atoms with Gasteiger partial charge in [0.2, 0.25) is 0 Å². The maximum absolute atomic E-state index is 14.0. The van der Waals surface area contributed by atoms with Gasteiger partial charge in [-0.15, -0.1) is 0 Å². The lowest BCUT2D eigenvalue weighted by atomic mass is 10.1. The minimum absolute atomic E-state index is 0.0524. The molecule has 4 rings (SSSR count). The van der Waals surface area contributed by atoms with E-state index >= 15 is 0 Å². The molecule has 0 aliphatic carbocycles. The van der Waals surface area contributed by atoms with Gasteiger partial charge in [0, 0.05) is 18.7 Å². The smallest absolute Gasteiger partial charge is 0.410 e. The molecule has 192 valence electrons. The van der Waals surface area contributed by atoms with Crippen LogP contribution in [0.1, 0.15) is 53.8 Å². The average Bonchev–Trinajstić information content (AvgIpc) is 3.35. The summed E-state index contributed by atoms with van der Waals surface area (Å²) in [5.41, 5.74) is 3.35. The summed E-state index contributed by atoms with van der Waals surface area (Å²) in [6.45, 7) is 9.88. The van der Waals surface area contributed by atoms with Gasteiger partial charge in [-0.2, -0.15) is 5.10 Å². The normalized spacial score (nSPS) is 13.2. The standard InChI is InChI=1S/C25H29ClFN5O4/c1-14-21(26)15(2)32-22(28-14)18-12-31(13-19(18)29-32)23(33)17-8-7-16(27)11-20(17)35-10-9-30(6)24(34)36-25(3,4)5/h7-8,11H,9-10,12-13H2,1-6H3. The summed E-state index contributed by atoms with van der Waals surface area (Å²) >= 11 is 6.31. The number of likely N-dealkylation sites (N-methyl/N-ethyl adjacent to an activating group) is 1. The second kappa shape index (κ2) is 9.57. The molecule has 3 heterocycles. The summed E-state index contributed by atoms with van der Waals surface area (Å²) in [5.74, 6) is -0.742. The van der Waals surface area contributed by atoms with Gasteiger partial charge >= 0.3 is 6.09 Å². The van der Waals surface area contributed by atoms with E-state index in [1.54, 1.807) is 37.2 Å². The highest BCUT2D eigenvalue weighted by Gasteiger charge is 2.32. The molecule has 1 aliphatic rings. The molecule has 0 spiro atoms. The maximum atomic E-state index is 14.0. The summed E-state index contributed by atoms with van der Waals surface area (Å²) in [6.07, 6.45) is -0.499. The topological polar surface area (TPSA) is 89.3 Å². The van der Waals surface area contributed by atoms with E-state index < -0.39 is 17.5 Å². The number of rotatable bonds is 5. The van der Waals surface area contributed by atoms with Crippen LogP contribution in [0.4, 0.5) is 9.18 Å². The van der Waals surface area contributed by atoms with Gasteiger partial charge in [-0.05, 0) is 46.8 Å².